The van der Waals surface area contributed by atoms with Crippen LogP contribution in [0.25, 0.3) is 11.0 Å². The summed E-state index contributed by atoms with van der Waals surface area (Å²) < 4.78 is 11.5. The number of fused-ring (bicyclic) bond motifs is 1. The smallest absolute Gasteiger partial charge is 0.193 e. The molecule has 3 rings (SSSR count). The molecular formula is C18H18ClN3O2. The lowest BCUT2D eigenvalue weighted by atomic mass is 10.2. The van der Waals surface area contributed by atoms with Gasteiger partial charge >= 0.3 is 0 Å². The zero-order valence-corrected chi connectivity index (χ0v) is 14.0. The van der Waals surface area contributed by atoms with Gasteiger partial charge in [-0.3, -0.25) is 5.41 Å². The van der Waals surface area contributed by atoms with E-state index in [1.54, 1.807) is 23.1 Å². The van der Waals surface area contributed by atoms with Gasteiger partial charge in [0.1, 0.15) is 17.1 Å². The number of benzene rings is 2. The number of hydrogen-bond acceptors (Lipinski definition) is 3. The lowest BCUT2D eigenvalue weighted by molar-refractivity contribution is 0.341. The Labute approximate surface area is 145 Å². The first-order valence-corrected chi connectivity index (χ1v) is 7.97. The van der Waals surface area contributed by atoms with Crippen molar-refractivity contribution < 1.29 is 9.15 Å². The Morgan fingerprint density at radius 3 is 2.75 bits per heavy atom. The molecule has 2 aromatic carbocycles. The van der Waals surface area contributed by atoms with Gasteiger partial charge in [0.25, 0.3) is 0 Å². The van der Waals surface area contributed by atoms with E-state index in [1.165, 1.54) is 0 Å². The van der Waals surface area contributed by atoms with Gasteiger partial charge in [-0.15, -0.1) is 0 Å². The van der Waals surface area contributed by atoms with E-state index in [-0.39, 0.29) is 5.96 Å². The number of hydrogen-bond donors (Lipinski definition) is 2. The predicted molar refractivity (Wildman–Crippen MR) is 96.9 cm³/mol. The van der Waals surface area contributed by atoms with E-state index in [0.29, 0.717) is 35.4 Å². The number of anilines is 1. The number of nitrogens with zero attached hydrogens (tertiary/aromatic N) is 1. The third-order valence-electron chi connectivity index (χ3n) is 3.59. The van der Waals surface area contributed by atoms with Crippen molar-refractivity contribution in [3.63, 3.8) is 0 Å². The first-order chi connectivity index (χ1) is 11.6. The van der Waals surface area contributed by atoms with Crippen LogP contribution in [0.5, 0.6) is 5.75 Å². The summed E-state index contributed by atoms with van der Waals surface area (Å²) in [4.78, 5) is 1.61. The normalized spacial score (nSPS) is 10.8. The van der Waals surface area contributed by atoms with Crippen LogP contribution in [0.3, 0.4) is 0 Å². The van der Waals surface area contributed by atoms with Crippen LogP contribution >= 0.6 is 11.6 Å². The second-order valence-electron chi connectivity index (χ2n) is 5.27. The molecule has 0 spiro atoms. The maximum Gasteiger partial charge on any atom is 0.193 e. The largest absolute Gasteiger partial charge is 0.492 e. The lowest BCUT2D eigenvalue weighted by Crippen LogP contribution is -2.36. The van der Waals surface area contributed by atoms with Gasteiger partial charge in [-0.2, -0.15) is 0 Å². The number of para-hydroxylation sites is 1. The van der Waals surface area contributed by atoms with Gasteiger partial charge in [0, 0.05) is 10.4 Å². The molecule has 24 heavy (non-hydrogen) atoms. The fourth-order valence-electron chi connectivity index (χ4n) is 2.55. The van der Waals surface area contributed by atoms with Gasteiger partial charge in [-0.1, -0.05) is 29.8 Å². The molecule has 0 aliphatic rings. The standard InChI is InChI=1S/C18H18ClN3O2/c1-2-23-17-8-7-13(19)10-15(17)22(18(20)21)11-14-9-12-5-3-4-6-16(12)24-14/h3-10H,2,11H2,1H3,(H3,20,21). The first-order valence-electron chi connectivity index (χ1n) is 7.60. The molecule has 0 saturated heterocycles. The molecule has 6 heteroatoms. The summed E-state index contributed by atoms with van der Waals surface area (Å²) in [6.07, 6.45) is 0. The quantitative estimate of drug-likeness (QED) is 0.532. The Kier molecular flexibility index (Phi) is 4.62. The number of nitrogens with two attached hydrogens (primary N) is 1. The van der Waals surface area contributed by atoms with Crippen LogP contribution in [0.4, 0.5) is 5.69 Å². The van der Waals surface area contributed by atoms with Crippen molar-refractivity contribution in [3.8, 4) is 5.75 Å². The SMILES string of the molecule is CCOc1ccc(Cl)cc1N(Cc1cc2ccccc2o1)C(=N)N. The zero-order valence-electron chi connectivity index (χ0n) is 13.3. The van der Waals surface area contributed by atoms with E-state index in [2.05, 4.69) is 0 Å². The van der Waals surface area contributed by atoms with Gasteiger partial charge in [-0.05, 0) is 37.3 Å². The van der Waals surface area contributed by atoms with E-state index >= 15 is 0 Å². The van der Waals surface area contributed by atoms with E-state index in [0.717, 1.165) is 11.0 Å². The van der Waals surface area contributed by atoms with E-state index < -0.39 is 0 Å². The maximum atomic E-state index is 7.94. The van der Waals surface area contributed by atoms with Crippen molar-refractivity contribution in [1.82, 2.24) is 0 Å². The maximum absolute atomic E-state index is 7.94. The highest BCUT2D eigenvalue weighted by Gasteiger charge is 2.18. The first kappa shape index (κ1) is 16.2. The van der Waals surface area contributed by atoms with Crippen LogP contribution in [0.2, 0.25) is 5.02 Å². The molecular weight excluding hydrogens is 326 g/mol. The Hall–Kier alpha value is -2.66. The van der Waals surface area contributed by atoms with E-state index in [4.69, 9.17) is 31.9 Å². The summed E-state index contributed by atoms with van der Waals surface area (Å²) in [5, 5.41) is 9.49. The van der Waals surface area contributed by atoms with Gasteiger partial charge in [-0.25, -0.2) is 0 Å². The summed E-state index contributed by atoms with van der Waals surface area (Å²) in [5.41, 5.74) is 7.23. The second-order valence-corrected chi connectivity index (χ2v) is 5.70. The molecule has 0 bridgehead atoms. The molecule has 0 aliphatic heterocycles. The summed E-state index contributed by atoms with van der Waals surface area (Å²) in [7, 11) is 0. The number of nitrogens with one attached hydrogen (secondary N) is 1. The lowest BCUT2D eigenvalue weighted by Gasteiger charge is -2.24. The molecule has 0 fully saturated rings. The van der Waals surface area contributed by atoms with Crippen LogP contribution in [0.1, 0.15) is 12.7 Å². The molecule has 1 heterocycles. The predicted octanol–water partition coefficient (Wildman–Crippen LogP) is 4.38. The summed E-state index contributed by atoms with van der Waals surface area (Å²) in [5.74, 6) is 1.21. The number of halogens is 1. The van der Waals surface area contributed by atoms with Gasteiger partial charge < -0.3 is 19.8 Å². The molecule has 3 N–H and O–H groups in total. The topological polar surface area (TPSA) is 75.5 Å². The molecule has 0 unspecified atom stereocenters. The Morgan fingerprint density at radius 2 is 2.04 bits per heavy atom. The monoisotopic (exact) mass is 343 g/mol. The van der Waals surface area contributed by atoms with Gasteiger partial charge in [0.05, 0.1) is 18.8 Å². The highest BCUT2D eigenvalue weighted by Crippen LogP contribution is 2.33. The zero-order chi connectivity index (χ0) is 17.1. The fraction of sp³-hybridized carbons (Fsp3) is 0.167. The van der Waals surface area contributed by atoms with Crippen LogP contribution in [-0.2, 0) is 6.54 Å². The molecule has 3 aromatic rings. The highest BCUT2D eigenvalue weighted by molar-refractivity contribution is 6.31. The van der Waals surface area contributed by atoms with Crippen LogP contribution in [0, 0.1) is 5.41 Å². The summed E-state index contributed by atoms with van der Waals surface area (Å²) in [6.45, 7) is 2.71. The van der Waals surface area contributed by atoms with Crippen molar-refractivity contribution in [2.45, 2.75) is 13.5 Å². The van der Waals surface area contributed by atoms with E-state index in [9.17, 15) is 0 Å². The Morgan fingerprint density at radius 1 is 1.25 bits per heavy atom. The summed E-state index contributed by atoms with van der Waals surface area (Å²) in [6, 6.07) is 14.9. The van der Waals surface area contributed by atoms with Crippen LogP contribution < -0.4 is 15.4 Å². The highest BCUT2D eigenvalue weighted by atomic mass is 35.5. The number of furan rings is 1. The van der Waals surface area contributed by atoms with Crippen LogP contribution in [0.15, 0.2) is 52.9 Å². The minimum absolute atomic E-state index is 0.112. The minimum atomic E-state index is -0.112. The van der Waals surface area contributed by atoms with Crippen molar-refractivity contribution in [2.24, 2.45) is 5.73 Å². The third kappa shape index (κ3) is 3.31. The molecule has 0 saturated carbocycles. The van der Waals surface area contributed by atoms with Crippen molar-refractivity contribution in [1.29, 1.82) is 5.41 Å². The number of guanidine groups is 1. The van der Waals surface area contributed by atoms with E-state index in [1.807, 2.05) is 37.3 Å². The molecule has 1 aromatic heterocycles. The molecule has 124 valence electrons. The Bertz CT molecular complexity index is 843. The molecule has 0 atom stereocenters. The van der Waals surface area contributed by atoms with Crippen molar-refractivity contribution in [2.75, 3.05) is 11.5 Å². The number of rotatable bonds is 5. The van der Waals surface area contributed by atoms with Gasteiger partial charge in [0.2, 0.25) is 0 Å². The molecule has 0 aliphatic carbocycles. The second kappa shape index (κ2) is 6.84. The Balaban J connectivity index is 1.98. The van der Waals surface area contributed by atoms with Crippen molar-refractivity contribution in [3.05, 3.63) is 59.3 Å². The fourth-order valence-corrected chi connectivity index (χ4v) is 2.72. The summed E-state index contributed by atoms with van der Waals surface area (Å²) >= 11 is 6.12. The molecule has 5 nitrogen and oxygen atoms in total. The average Bonchev–Trinajstić information content (AvgIpc) is 2.97. The average molecular weight is 344 g/mol. The van der Waals surface area contributed by atoms with Crippen LogP contribution in [-0.4, -0.2) is 12.6 Å². The van der Waals surface area contributed by atoms with Gasteiger partial charge in [0.15, 0.2) is 5.96 Å². The van der Waals surface area contributed by atoms with Crippen molar-refractivity contribution >= 4 is 34.2 Å². The molecule has 0 amide bonds. The third-order valence-corrected chi connectivity index (χ3v) is 3.83. The molecule has 0 radical (unpaired) electrons. The minimum Gasteiger partial charge on any atom is -0.492 e. The number of ether oxygens (including phenoxy) is 1.